The van der Waals surface area contributed by atoms with Crippen LogP contribution in [0.1, 0.15) is 17.0 Å². The van der Waals surface area contributed by atoms with Crippen LogP contribution in [-0.2, 0) is 13.6 Å². The summed E-state index contributed by atoms with van der Waals surface area (Å²) in [6.45, 7) is 3.91. The van der Waals surface area contributed by atoms with Crippen LogP contribution in [-0.4, -0.2) is 59.3 Å². The number of carbonyl (C=O) groups excluding carboxylic acids is 1. The molecule has 25 heavy (non-hydrogen) atoms. The van der Waals surface area contributed by atoms with Crippen molar-refractivity contribution in [1.82, 2.24) is 19.6 Å². The second-order valence-electron chi connectivity index (χ2n) is 7.43. The summed E-state index contributed by atoms with van der Waals surface area (Å²) < 4.78 is 1.85. The number of carbonyl (C=O) groups is 1. The van der Waals surface area contributed by atoms with E-state index in [1.165, 1.54) is 11.1 Å². The lowest BCUT2D eigenvalue weighted by atomic mass is 9.82. The number of aromatic nitrogens is 2. The summed E-state index contributed by atoms with van der Waals surface area (Å²) in [5.74, 6) is 1.04. The zero-order chi connectivity index (χ0) is 17.6. The van der Waals surface area contributed by atoms with Crippen LogP contribution >= 0.6 is 0 Å². The lowest BCUT2D eigenvalue weighted by molar-refractivity contribution is 0.0762. The van der Waals surface area contributed by atoms with Gasteiger partial charge in [-0.25, -0.2) is 4.79 Å². The first-order valence-corrected chi connectivity index (χ1v) is 8.80. The fourth-order valence-electron chi connectivity index (χ4n) is 4.07. The van der Waals surface area contributed by atoms with Gasteiger partial charge in [0, 0.05) is 70.7 Å². The lowest BCUT2D eigenvalue weighted by Gasteiger charge is -2.42. The zero-order valence-corrected chi connectivity index (χ0v) is 15.1. The van der Waals surface area contributed by atoms with Crippen LogP contribution in [0.3, 0.4) is 0 Å². The van der Waals surface area contributed by atoms with Crippen molar-refractivity contribution in [2.24, 2.45) is 13.0 Å². The van der Waals surface area contributed by atoms with Crippen LogP contribution in [0.2, 0.25) is 0 Å². The first kappa shape index (κ1) is 16.1. The highest BCUT2D eigenvalue weighted by Gasteiger charge is 2.41. The van der Waals surface area contributed by atoms with E-state index in [1.54, 1.807) is 4.90 Å². The Morgan fingerprint density at radius 2 is 2.00 bits per heavy atom. The van der Waals surface area contributed by atoms with Crippen molar-refractivity contribution in [2.75, 3.05) is 38.6 Å². The van der Waals surface area contributed by atoms with Gasteiger partial charge in [0.2, 0.25) is 0 Å². The van der Waals surface area contributed by atoms with Crippen LogP contribution in [0.5, 0.6) is 0 Å². The maximum absolute atomic E-state index is 12.5. The molecule has 3 heterocycles. The van der Waals surface area contributed by atoms with E-state index in [9.17, 15) is 4.79 Å². The molecule has 0 bridgehead atoms. The van der Waals surface area contributed by atoms with Crippen LogP contribution in [0.15, 0.2) is 36.7 Å². The number of anilines is 1. The van der Waals surface area contributed by atoms with E-state index in [1.807, 2.05) is 43.0 Å². The maximum Gasteiger partial charge on any atom is 0.323 e. The number of urea groups is 1. The highest BCUT2D eigenvalue weighted by Crippen LogP contribution is 2.43. The molecule has 1 fully saturated rings. The highest BCUT2D eigenvalue weighted by atomic mass is 16.2. The van der Waals surface area contributed by atoms with Gasteiger partial charge in [-0.3, -0.25) is 14.5 Å². The van der Waals surface area contributed by atoms with E-state index >= 15 is 0 Å². The van der Waals surface area contributed by atoms with E-state index in [0.717, 1.165) is 31.9 Å². The average Bonchev–Trinajstić information content (AvgIpc) is 3.13. The molecule has 2 aliphatic rings. The van der Waals surface area contributed by atoms with Crippen LogP contribution in [0, 0.1) is 5.92 Å². The summed E-state index contributed by atoms with van der Waals surface area (Å²) in [6, 6.07) is 8.44. The van der Waals surface area contributed by atoms with E-state index < -0.39 is 0 Å². The molecule has 0 aliphatic carbocycles. The summed E-state index contributed by atoms with van der Waals surface area (Å²) >= 11 is 0. The molecule has 0 N–H and O–H groups in total. The van der Waals surface area contributed by atoms with Crippen LogP contribution in [0.4, 0.5) is 10.5 Å². The van der Waals surface area contributed by atoms with Gasteiger partial charge >= 0.3 is 6.03 Å². The Hall–Kier alpha value is -2.34. The van der Waals surface area contributed by atoms with Gasteiger partial charge in [0.15, 0.2) is 0 Å². The molecule has 1 aromatic carbocycles. The Labute approximate surface area is 148 Å². The Balaban J connectivity index is 1.44. The SMILES string of the molecule is CN(C)C(=O)N1C[C@H](C2CN(Cc3cnn(C)c3)C2)c2ccccc21. The minimum absolute atomic E-state index is 0.0708. The molecule has 1 aromatic heterocycles. The number of hydrogen-bond acceptors (Lipinski definition) is 3. The van der Waals surface area contributed by atoms with Gasteiger partial charge in [0.25, 0.3) is 0 Å². The van der Waals surface area contributed by atoms with Crippen LogP contribution in [0.25, 0.3) is 0 Å². The van der Waals surface area contributed by atoms with Crippen molar-refractivity contribution in [3.8, 4) is 0 Å². The lowest BCUT2D eigenvalue weighted by Crippen LogP contribution is -2.49. The Morgan fingerprint density at radius 1 is 1.24 bits per heavy atom. The van der Waals surface area contributed by atoms with E-state index in [2.05, 4.69) is 34.4 Å². The molecule has 132 valence electrons. The molecule has 0 spiro atoms. The van der Waals surface area contributed by atoms with Gasteiger partial charge in [-0.15, -0.1) is 0 Å². The predicted octanol–water partition coefficient (Wildman–Crippen LogP) is 2.14. The van der Waals surface area contributed by atoms with Crippen LogP contribution < -0.4 is 4.90 Å². The fourth-order valence-corrected chi connectivity index (χ4v) is 4.07. The van der Waals surface area contributed by atoms with Gasteiger partial charge < -0.3 is 4.90 Å². The zero-order valence-electron chi connectivity index (χ0n) is 15.1. The number of likely N-dealkylation sites (tertiary alicyclic amines) is 1. The molecule has 0 radical (unpaired) electrons. The number of fused-ring (bicyclic) bond motifs is 1. The fraction of sp³-hybridized carbons (Fsp3) is 0.474. The topological polar surface area (TPSA) is 44.6 Å². The smallest absolute Gasteiger partial charge is 0.323 e. The van der Waals surface area contributed by atoms with Crippen molar-refractivity contribution in [3.05, 3.63) is 47.8 Å². The van der Waals surface area contributed by atoms with Gasteiger partial charge in [-0.2, -0.15) is 5.10 Å². The molecule has 1 atom stereocenters. The van der Waals surface area contributed by atoms with E-state index in [-0.39, 0.29) is 6.03 Å². The molecule has 4 rings (SSSR count). The van der Waals surface area contributed by atoms with Crippen molar-refractivity contribution in [3.63, 3.8) is 0 Å². The molecule has 0 unspecified atom stereocenters. The third-order valence-corrected chi connectivity index (χ3v) is 5.34. The molecule has 6 nitrogen and oxygen atoms in total. The third kappa shape index (κ3) is 2.91. The first-order chi connectivity index (χ1) is 12.0. The normalized spacial score (nSPS) is 20.4. The monoisotopic (exact) mass is 339 g/mol. The van der Waals surface area contributed by atoms with Crippen molar-refractivity contribution in [1.29, 1.82) is 0 Å². The number of hydrogen-bond donors (Lipinski definition) is 0. The Kier molecular flexibility index (Phi) is 4.00. The molecule has 0 saturated carbocycles. The Bertz CT molecular complexity index is 778. The number of aryl methyl sites for hydroxylation is 1. The molecule has 6 heteroatoms. The second-order valence-corrected chi connectivity index (χ2v) is 7.43. The standard InChI is InChI=1S/C19H25N5O/c1-21(2)19(25)24-13-17(16-6-4-5-7-18(16)24)15-11-23(12-15)10-14-8-20-22(3)9-14/h4-9,15,17H,10-13H2,1-3H3/t17-/m1/s1. The molecule has 2 aromatic rings. The van der Waals surface area contributed by atoms with Crippen molar-refractivity contribution < 1.29 is 4.79 Å². The van der Waals surface area contributed by atoms with Gasteiger partial charge in [0.1, 0.15) is 0 Å². The van der Waals surface area contributed by atoms with Crippen molar-refractivity contribution >= 4 is 11.7 Å². The minimum atomic E-state index is 0.0708. The number of amides is 2. The largest absolute Gasteiger partial charge is 0.330 e. The molecular formula is C19H25N5O. The predicted molar refractivity (Wildman–Crippen MR) is 97.6 cm³/mol. The second kappa shape index (κ2) is 6.19. The van der Waals surface area contributed by atoms with Gasteiger partial charge in [-0.05, 0) is 17.5 Å². The highest BCUT2D eigenvalue weighted by molar-refractivity contribution is 5.94. The van der Waals surface area contributed by atoms with Crippen molar-refractivity contribution in [2.45, 2.75) is 12.5 Å². The number of nitrogens with zero attached hydrogens (tertiary/aromatic N) is 5. The average molecular weight is 339 g/mol. The summed E-state index contributed by atoms with van der Waals surface area (Å²) in [5.41, 5.74) is 3.66. The summed E-state index contributed by atoms with van der Waals surface area (Å²) in [4.78, 5) is 18.6. The molecular weight excluding hydrogens is 314 g/mol. The first-order valence-electron chi connectivity index (χ1n) is 8.80. The molecule has 2 amide bonds. The van der Waals surface area contributed by atoms with Gasteiger partial charge in [-0.1, -0.05) is 18.2 Å². The Morgan fingerprint density at radius 3 is 2.68 bits per heavy atom. The summed E-state index contributed by atoms with van der Waals surface area (Å²) in [6.07, 6.45) is 4.02. The maximum atomic E-state index is 12.5. The number of rotatable bonds is 3. The minimum Gasteiger partial charge on any atom is -0.330 e. The van der Waals surface area contributed by atoms with Gasteiger partial charge in [0.05, 0.1) is 6.20 Å². The third-order valence-electron chi connectivity index (χ3n) is 5.34. The quantitative estimate of drug-likeness (QED) is 0.861. The molecule has 1 saturated heterocycles. The summed E-state index contributed by atoms with van der Waals surface area (Å²) in [7, 11) is 5.59. The molecule has 2 aliphatic heterocycles. The number of para-hydroxylation sites is 1. The van der Waals surface area contributed by atoms with E-state index in [0.29, 0.717) is 11.8 Å². The van der Waals surface area contributed by atoms with E-state index in [4.69, 9.17) is 0 Å². The summed E-state index contributed by atoms with van der Waals surface area (Å²) in [5, 5.41) is 4.24. The number of benzene rings is 1.